The van der Waals surface area contributed by atoms with Gasteiger partial charge in [0.25, 0.3) is 0 Å². The van der Waals surface area contributed by atoms with E-state index in [1.165, 1.54) is 12.1 Å². The summed E-state index contributed by atoms with van der Waals surface area (Å²) < 4.78 is 25.0. The summed E-state index contributed by atoms with van der Waals surface area (Å²) in [5.41, 5.74) is 0.930. The van der Waals surface area contributed by atoms with E-state index in [1.807, 2.05) is 13.8 Å². The Balaban J connectivity index is 2.35. The molecule has 1 atom stereocenters. The minimum Gasteiger partial charge on any atom is -0.480 e. The van der Waals surface area contributed by atoms with Crippen LogP contribution in [-0.2, 0) is 19.4 Å². The molecule has 0 aliphatic heterocycles. The number of aryl methyl sites for hydroxylation is 1. The second-order valence-electron chi connectivity index (χ2n) is 7.02. The molecule has 1 saturated carbocycles. The van der Waals surface area contributed by atoms with Crippen LogP contribution in [0.5, 0.6) is 0 Å². The highest BCUT2D eigenvalue weighted by Gasteiger charge is 2.53. The molecular formula is C19H27NO5S. The third-order valence-corrected chi connectivity index (χ3v) is 7.64. The first kappa shape index (κ1) is 20.4. The fourth-order valence-corrected chi connectivity index (χ4v) is 5.54. The van der Waals surface area contributed by atoms with E-state index in [0.717, 1.165) is 12.0 Å². The number of benzene rings is 1. The van der Waals surface area contributed by atoms with Crippen molar-refractivity contribution >= 4 is 21.7 Å². The molecule has 0 heterocycles. The molecule has 0 bridgehead atoms. The van der Waals surface area contributed by atoms with E-state index in [4.69, 9.17) is 0 Å². The van der Waals surface area contributed by atoms with Crippen molar-refractivity contribution in [2.24, 2.45) is 0 Å². The van der Waals surface area contributed by atoms with Gasteiger partial charge in [-0.05, 0) is 38.3 Å². The van der Waals surface area contributed by atoms with Crippen molar-refractivity contribution in [3.8, 4) is 0 Å². The highest BCUT2D eigenvalue weighted by Crippen LogP contribution is 2.41. The van der Waals surface area contributed by atoms with Gasteiger partial charge in [-0.2, -0.15) is 0 Å². The van der Waals surface area contributed by atoms with Crippen molar-refractivity contribution in [2.45, 2.75) is 74.5 Å². The molecule has 7 heteroatoms. The van der Waals surface area contributed by atoms with E-state index in [-0.39, 0.29) is 24.2 Å². The molecule has 144 valence electrons. The molecule has 1 aromatic carbocycles. The van der Waals surface area contributed by atoms with Crippen LogP contribution in [0, 0.1) is 6.92 Å². The van der Waals surface area contributed by atoms with E-state index in [9.17, 15) is 23.1 Å². The van der Waals surface area contributed by atoms with Crippen molar-refractivity contribution in [3.05, 3.63) is 29.8 Å². The van der Waals surface area contributed by atoms with Gasteiger partial charge >= 0.3 is 5.97 Å². The standard InChI is InChI=1S/C19H27NO5S/c1-3-4-7-16(17(21)22)20-18(23)19(12-5-6-13-19)26(24,25)15-10-8-14(2)9-11-15/h8-11,16H,3-7,12-13H2,1-2H3,(H,20,23)(H,21,22). The maximum absolute atomic E-state index is 13.3. The van der Waals surface area contributed by atoms with Crippen molar-refractivity contribution < 1.29 is 23.1 Å². The van der Waals surface area contributed by atoms with Crippen molar-refractivity contribution in [3.63, 3.8) is 0 Å². The zero-order chi connectivity index (χ0) is 19.4. The molecule has 0 spiro atoms. The zero-order valence-electron chi connectivity index (χ0n) is 15.3. The normalized spacial score (nSPS) is 17.6. The fourth-order valence-electron chi connectivity index (χ4n) is 3.46. The van der Waals surface area contributed by atoms with Crippen LogP contribution in [-0.4, -0.2) is 36.2 Å². The van der Waals surface area contributed by atoms with Gasteiger partial charge in [0.15, 0.2) is 14.6 Å². The maximum atomic E-state index is 13.3. The van der Waals surface area contributed by atoms with Gasteiger partial charge in [-0.3, -0.25) is 4.79 Å². The number of carbonyl (C=O) groups is 2. The summed E-state index contributed by atoms with van der Waals surface area (Å²) in [6.07, 6.45) is 3.43. The van der Waals surface area contributed by atoms with Gasteiger partial charge in [0.05, 0.1) is 4.90 Å². The molecule has 1 aromatic rings. The third kappa shape index (κ3) is 3.92. The fraction of sp³-hybridized carbons (Fsp3) is 0.579. The highest BCUT2D eigenvalue weighted by molar-refractivity contribution is 7.93. The Morgan fingerprint density at radius 2 is 1.77 bits per heavy atom. The lowest BCUT2D eigenvalue weighted by molar-refractivity contribution is -0.142. The number of hydrogen-bond acceptors (Lipinski definition) is 4. The third-order valence-electron chi connectivity index (χ3n) is 5.12. The lowest BCUT2D eigenvalue weighted by atomic mass is 10.0. The molecule has 1 aliphatic rings. The molecule has 6 nitrogen and oxygen atoms in total. The number of carboxylic acid groups (broad SMARTS) is 1. The number of rotatable bonds is 8. The molecule has 1 amide bonds. The van der Waals surface area contributed by atoms with Gasteiger partial charge in [0.1, 0.15) is 6.04 Å². The number of sulfone groups is 1. The quantitative estimate of drug-likeness (QED) is 0.721. The van der Waals surface area contributed by atoms with E-state index >= 15 is 0 Å². The number of unbranched alkanes of at least 4 members (excludes halogenated alkanes) is 1. The van der Waals surface area contributed by atoms with Gasteiger partial charge in [0, 0.05) is 0 Å². The molecule has 0 aromatic heterocycles. The molecule has 0 saturated heterocycles. The molecule has 1 unspecified atom stereocenters. The summed E-state index contributed by atoms with van der Waals surface area (Å²) >= 11 is 0. The van der Waals surface area contributed by atoms with Crippen LogP contribution in [0.1, 0.15) is 57.4 Å². The lowest BCUT2D eigenvalue weighted by Crippen LogP contribution is -2.54. The van der Waals surface area contributed by atoms with Crippen LogP contribution >= 0.6 is 0 Å². The molecule has 2 N–H and O–H groups in total. The van der Waals surface area contributed by atoms with Gasteiger partial charge in [-0.1, -0.05) is 50.3 Å². The number of carbonyl (C=O) groups excluding carboxylic acids is 1. The zero-order valence-corrected chi connectivity index (χ0v) is 16.1. The molecule has 2 rings (SSSR count). The maximum Gasteiger partial charge on any atom is 0.326 e. The minimum atomic E-state index is -3.91. The highest BCUT2D eigenvalue weighted by atomic mass is 32.2. The monoisotopic (exact) mass is 381 g/mol. The number of nitrogens with one attached hydrogen (secondary N) is 1. The first-order chi connectivity index (χ1) is 12.2. The van der Waals surface area contributed by atoms with Crippen LogP contribution < -0.4 is 5.32 Å². The van der Waals surface area contributed by atoms with Gasteiger partial charge < -0.3 is 10.4 Å². The van der Waals surface area contributed by atoms with Crippen molar-refractivity contribution in [1.82, 2.24) is 5.32 Å². The number of aliphatic carboxylic acids is 1. The van der Waals surface area contributed by atoms with Crippen LogP contribution in [0.15, 0.2) is 29.2 Å². The Labute approximate surface area is 154 Å². The molecule has 1 fully saturated rings. The Hall–Kier alpha value is -1.89. The van der Waals surface area contributed by atoms with Gasteiger partial charge in [-0.25, -0.2) is 13.2 Å². The number of carboxylic acids is 1. The van der Waals surface area contributed by atoms with Crippen LogP contribution in [0.4, 0.5) is 0 Å². The lowest BCUT2D eigenvalue weighted by Gasteiger charge is -2.29. The SMILES string of the molecule is CCCCC(NC(=O)C1(S(=O)(=O)c2ccc(C)cc2)CCCC1)C(=O)O. The van der Waals surface area contributed by atoms with Crippen LogP contribution in [0.3, 0.4) is 0 Å². The molecular weight excluding hydrogens is 354 g/mol. The van der Waals surface area contributed by atoms with E-state index in [0.29, 0.717) is 19.3 Å². The van der Waals surface area contributed by atoms with Gasteiger partial charge in [-0.15, -0.1) is 0 Å². The Morgan fingerprint density at radius 1 is 1.19 bits per heavy atom. The van der Waals surface area contributed by atoms with Crippen molar-refractivity contribution in [1.29, 1.82) is 0 Å². The molecule has 0 radical (unpaired) electrons. The van der Waals surface area contributed by atoms with Gasteiger partial charge in [0.2, 0.25) is 5.91 Å². The average molecular weight is 381 g/mol. The Kier molecular flexibility index (Phi) is 6.44. The van der Waals surface area contributed by atoms with E-state index in [1.54, 1.807) is 12.1 Å². The molecule has 26 heavy (non-hydrogen) atoms. The number of amides is 1. The average Bonchev–Trinajstić information content (AvgIpc) is 3.10. The first-order valence-electron chi connectivity index (χ1n) is 9.09. The predicted octanol–water partition coefficient (Wildman–Crippen LogP) is 2.84. The topological polar surface area (TPSA) is 101 Å². The summed E-state index contributed by atoms with van der Waals surface area (Å²) in [4.78, 5) is 24.5. The smallest absolute Gasteiger partial charge is 0.326 e. The minimum absolute atomic E-state index is 0.112. The van der Waals surface area contributed by atoms with Crippen molar-refractivity contribution in [2.75, 3.05) is 0 Å². The van der Waals surface area contributed by atoms with Crippen LogP contribution in [0.2, 0.25) is 0 Å². The second kappa shape index (κ2) is 8.20. The van der Waals surface area contributed by atoms with E-state index in [2.05, 4.69) is 5.32 Å². The largest absolute Gasteiger partial charge is 0.480 e. The summed E-state index contributed by atoms with van der Waals surface area (Å²) in [5.74, 6) is -1.81. The Bertz CT molecular complexity index is 749. The number of hydrogen-bond donors (Lipinski definition) is 2. The molecule has 1 aliphatic carbocycles. The van der Waals surface area contributed by atoms with E-state index < -0.39 is 32.5 Å². The van der Waals surface area contributed by atoms with Crippen LogP contribution in [0.25, 0.3) is 0 Å². The second-order valence-corrected chi connectivity index (χ2v) is 9.28. The summed E-state index contributed by atoms with van der Waals surface area (Å²) in [5, 5.41) is 11.9. The summed E-state index contributed by atoms with van der Waals surface area (Å²) in [6.45, 7) is 3.79. The predicted molar refractivity (Wildman–Crippen MR) is 98.7 cm³/mol. The first-order valence-corrected chi connectivity index (χ1v) is 10.6. The summed E-state index contributed by atoms with van der Waals surface area (Å²) in [6, 6.07) is 5.38. The summed E-state index contributed by atoms with van der Waals surface area (Å²) in [7, 11) is -3.91. The Morgan fingerprint density at radius 3 is 2.27 bits per heavy atom.